The van der Waals surface area contributed by atoms with Crippen LogP contribution in [0, 0.1) is 0 Å². The molecule has 1 rings (SSSR count). The molecule has 1 heterocycles. The third-order valence-electron chi connectivity index (χ3n) is 3.74. The normalized spacial score (nSPS) is 17.8. The lowest BCUT2D eigenvalue weighted by molar-refractivity contribution is -0.149. The Balaban J connectivity index is 2.39. The van der Waals surface area contributed by atoms with Crippen molar-refractivity contribution in [2.45, 2.75) is 51.6 Å². The van der Waals surface area contributed by atoms with Crippen LogP contribution in [0.4, 0.5) is 0 Å². The van der Waals surface area contributed by atoms with Crippen molar-refractivity contribution < 1.29 is 27.2 Å². The Morgan fingerprint density at radius 3 is 2.48 bits per heavy atom. The fourth-order valence-corrected chi connectivity index (χ4v) is 3.17. The van der Waals surface area contributed by atoms with Gasteiger partial charge in [0.15, 0.2) is 0 Å². The van der Waals surface area contributed by atoms with Crippen LogP contribution < -0.4 is 0 Å². The molecule has 1 aliphatic heterocycles. The molecule has 1 unspecified atom stereocenters. The van der Waals surface area contributed by atoms with E-state index >= 15 is 0 Å². The van der Waals surface area contributed by atoms with Gasteiger partial charge in [-0.25, -0.2) is 8.42 Å². The summed E-state index contributed by atoms with van der Waals surface area (Å²) in [7, 11) is -4.44. The van der Waals surface area contributed by atoms with E-state index in [4.69, 9.17) is 9.47 Å². The summed E-state index contributed by atoms with van der Waals surface area (Å²) >= 11 is 0. The SMILES string of the molecule is CCCCCCCC(=O)OC(CN1CCOCC1)CS(=O)(=O)[O-]. The minimum atomic E-state index is -4.44. The van der Waals surface area contributed by atoms with Crippen LogP contribution >= 0.6 is 0 Å². The summed E-state index contributed by atoms with van der Waals surface area (Å²) in [6.07, 6.45) is 4.40. The average Bonchev–Trinajstić information content (AvgIpc) is 2.46. The molecular weight excluding hydrogens is 322 g/mol. The lowest BCUT2D eigenvalue weighted by Gasteiger charge is -2.30. The highest BCUT2D eigenvalue weighted by Crippen LogP contribution is 2.09. The van der Waals surface area contributed by atoms with Crippen LogP contribution in [0.3, 0.4) is 0 Å². The first-order chi connectivity index (χ1) is 10.9. The van der Waals surface area contributed by atoms with Gasteiger partial charge in [-0.3, -0.25) is 9.69 Å². The predicted octanol–water partition coefficient (Wildman–Crippen LogP) is 1.14. The largest absolute Gasteiger partial charge is 0.748 e. The fourth-order valence-electron chi connectivity index (χ4n) is 2.54. The quantitative estimate of drug-likeness (QED) is 0.313. The van der Waals surface area contributed by atoms with Crippen LogP contribution in [0.15, 0.2) is 0 Å². The number of carbonyl (C=O) groups is 1. The molecule has 0 aromatic carbocycles. The summed E-state index contributed by atoms with van der Waals surface area (Å²) < 4.78 is 43.5. The molecule has 0 aromatic heterocycles. The first-order valence-electron chi connectivity index (χ1n) is 8.34. The number of carbonyl (C=O) groups excluding carboxylic acids is 1. The van der Waals surface area contributed by atoms with Crippen molar-refractivity contribution in [1.29, 1.82) is 0 Å². The molecule has 7 nitrogen and oxygen atoms in total. The molecule has 0 spiro atoms. The van der Waals surface area contributed by atoms with Crippen molar-refractivity contribution >= 4 is 16.1 Å². The maximum absolute atomic E-state index is 11.9. The lowest BCUT2D eigenvalue weighted by atomic mass is 10.1. The van der Waals surface area contributed by atoms with Gasteiger partial charge in [-0.05, 0) is 6.42 Å². The molecule has 0 N–H and O–H groups in total. The van der Waals surface area contributed by atoms with E-state index in [9.17, 15) is 17.8 Å². The Morgan fingerprint density at radius 2 is 1.87 bits per heavy atom. The van der Waals surface area contributed by atoms with Gasteiger partial charge in [-0.1, -0.05) is 32.6 Å². The van der Waals surface area contributed by atoms with Crippen molar-refractivity contribution in [3.05, 3.63) is 0 Å². The monoisotopic (exact) mass is 350 g/mol. The zero-order valence-corrected chi connectivity index (χ0v) is 14.7. The summed E-state index contributed by atoms with van der Waals surface area (Å²) in [5.74, 6) is -1.10. The summed E-state index contributed by atoms with van der Waals surface area (Å²) in [6, 6.07) is 0. The maximum atomic E-state index is 11.9. The van der Waals surface area contributed by atoms with Crippen LogP contribution in [0.25, 0.3) is 0 Å². The van der Waals surface area contributed by atoms with Crippen LogP contribution in [0.2, 0.25) is 0 Å². The molecule has 8 heteroatoms. The molecule has 0 amide bonds. The van der Waals surface area contributed by atoms with Gasteiger partial charge in [0.1, 0.15) is 6.10 Å². The summed E-state index contributed by atoms with van der Waals surface area (Å²) in [6.45, 7) is 4.78. The molecule has 0 bridgehead atoms. The van der Waals surface area contributed by atoms with E-state index in [0.29, 0.717) is 26.3 Å². The molecule has 23 heavy (non-hydrogen) atoms. The van der Waals surface area contributed by atoms with Crippen LogP contribution in [0.5, 0.6) is 0 Å². The second-order valence-corrected chi connectivity index (χ2v) is 7.36. The van der Waals surface area contributed by atoms with Gasteiger partial charge in [0.05, 0.1) is 29.1 Å². The second kappa shape index (κ2) is 11.0. The molecular formula is C15H28NO6S-. The highest BCUT2D eigenvalue weighted by atomic mass is 32.2. The van der Waals surface area contributed by atoms with Crippen molar-refractivity contribution in [3.63, 3.8) is 0 Å². The van der Waals surface area contributed by atoms with Crippen molar-refractivity contribution in [2.75, 3.05) is 38.6 Å². The molecule has 1 saturated heterocycles. The zero-order chi connectivity index (χ0) is 17.1. The van der Waals surface area contributed by atoms with E-state index in [0.717, 1.165) is 32.1 Å². The van der Waals surface area contributed by atoms with Crippen molar-refractivity contribution in [2.24, 2.45) is 0 Å². The minimum absolute atomic E-state index is 0.256. The van der Waals surface area contributed by atoms with E-state index in [-0.39, 0.29) is 13.0 Å². The topological polar surface area (TPSA) is 96.0 Å². The standard InChI is InChI=1S/C15H29NO6S/c1-2-3-4-5-6-7-15(17)22-14(13-23(18,19)20)12-16-8-10-21-11-9-16/h14H,2-13H2,1H3,(H,18,19,20)/p-1. The van der Waals surface area contributed by atoms with Gasteiger partial charge < -0.3 is 14.0 Å². The van der Waals surface area contributed by atoms with Crippen molar-refractivity contribution in [1.82, 2.24) is 4.90 Å². The number of hydrogen-bond donors (Lipinski definition) is 0. The first-order valence-corrected chi connectivity index (χ1v) is 9.91. The van der Waals surface area contributed by atoms with E-state index < -0.39 is 27.9 Å². The highest BCUT2D eigenvalue weighted by Gasteiger charge is 2.22. The lowest BCUT2D eigenvalue weighted by Crippen LogP contribution is -2.44. The highest BCUT2D eigenvalue weighted by molar-refractivity contribution is 7.85. The van der Waals surface area contributed by atoms with E-state index in [1.54, 1.807) is 0 Å². The molecule has 0 aliphatic carbocycles. The fraction of sp³-hybridized carbons (Fsp3) is 0.933. The molecule has 1 fully saturated rings. The smallest absolute Gasteiger partial charge is 0.306 e. The minimum Gasteiger partial charge on any atom is -0.748 e. The first kappa shape index (κ1) is 20.3. The Hall–Kier alpha value is -0.700. The Bertz CT molecular complexity index is 433. The third-order valence-corrected chi connectivity index (χ3v) is 4.52. The van der Waals surface area contributed by atoms with E-state index in [1.807, 2.05) is 4.90 Å². The number of rotatable bonds is 11. The molecule has 0 aromatic rings. The van der Waals surface area contributed by atoms with Crippen LogP contribution in [0.1, 0.15) is 45.4 Å². The summed E-state index contributed by atoms with van der Waals surface area (Å²) in [4.78, 5) is 13.8. The summed E-state index contributed by atoms with van der Waals surface area (Å²) in [5, 5.41) is 0. The number of esters is 1. The Kier molecular flexibility index (Phi) is 9.69. The van der Waals surface area contributed by atoms with Gasteiger partial charge in [-0.2, -0.15) is 0 Å². The van der Waals surface area contributed by atoms with Gasteiger partial charge in [0, 0.05) is 26.1 Å². The number of hydrogen-bond acceptors (Lipinski definition) is 7. The Morgan fingerprint density at radius 1 is 1.22 bits per heavy atom. The predicted molar refractivity (Wildman–Crippen MR) is 85.1 cm³/mol. The van der Waals surface area contributed by atoms with Gasteiger partial charge in [0.2, 0.25) is 0 Å². The number of morpholine rings is 1. The zero-order valence-electron chi connectivity index (χ0n) is 13.9. The average molecular weight is 350 g/mol. The van der Waals surface area contributed by atoms with Gasteiger partial charge in [-0.15, -0.1) is 0 Å². The van der Waals surface area contributed by atoms with E-state index in [2.05, 4.69) is 6.92 Å². The third kappa shape index (κ3) is 10.6. The molecule has 0 radical (unpaired) electrons. The van der Waals surface area contributed by atoms with Gasteiger partial charge in [0.25, 0.3) is 0 Å². The van der Waals surface area contributed by atoms with Gasteiger partial charge >= 0.3 is 5.97 Å². The molecule has 136 valence electrons. The maximum Gasteiger partial charge on any atom is 0.306 e. The molecule has 1 atom stereocenters. The van der Waals surface area contributed by atoms with E-state index in [1.165, 1.54) is 0 Å². The Labute approximate surface area is 139 Å². The number of nitrogens with zero attached hydrogens (tertiary/aromatic N) is 1. The molecule has 1 aliphatic rings. The van der Waals surface area contributed by atoms with Crippen LogP contribution in [-0.2, 0) is 24.4 Å². The molecule has 0 saturated carbocycles. The summed E-state index contributed by atoms with van der Waals surface area (Å²) in [5.41, 5.74) is 0. The second-order valence-electron chi connectivity index (χ2n) is 5.91. The van der Waals surface area contributed by atoms with Crippen molar-refractivity contribution in [3.8, 4) is 0 Å². The number of unbranched alkanes of at least 4 members (excludes halogenated alkanes) is 4. The van der Waals surface area contributed by atoms with Crippen LogP contribution in [-0.4, -0.2) is 68.5 Å². The number of ether oxygens (including phenoxy) is 2.